The number of methoxy groups -OCH3 is 2. The van der Waals surface area contributed by atoms with Crippen LogP contribution in [0.1, 0.15) is 33.3 Å². The van der Waals surface area contributed by atoms with Crippen molar-refractivity contribution in [3.05, 3.63) is 76.3 Å². The molecule has 4 atom stereocenters. The molecule has 3 unspecified atom stereocenters. The summed E-state index contributed by atoms with van der Waals surface area (Å²) in [6.07, 6.45) is -7.39. The number of hydrogen-bond donors (Lipinski definition) is 0. The van der Waals surface area contributed by atoms with E-state index in [0.717, 1.165) is 51.8 Å². The predicted molar refractivity (Wildman–Crippen MR) is 180 cm³/mol. The molecule has 3 aromatic rings. The van der Waals surface area contributed by atoms with Gasteiger partial charge in [0.05, 0.1) is 12.0 Å². The number of amides is 1. The van der Waals surface area contributed by atoms with Crippen molar-refractivity contribution >= 4 is 46.4 Å². The Kier molecular flexibility index (Phi) is 15.1. The zero-order valence-electron chi connectivity index (χ0n) is 29.4. The summed E-state index contributed by atoms with van der Waals surface area (Å²) in [5.41, 5.74) is -0.310. The minimum Gasteiger partial charge on any atom is -0.483 e. The highest BCUT2D eigenvalue weighted by atomic mass is 16.6. The lowest BCUT2D eigenvalue weighted by Crippen LogP contribution is -2.55. The molecule has 0 saturated carbocycles. The first-order valence-electron chi connectivity index (χ1n) is 15.8. The fraction of sp³-hybridized carbons (Fsp3) is 0.400. The monoisotopic (exact) mass is 728 g/mol. The molecule has 17 heteroatoms. The molecule has 0 spiro atoms. The Hall–Kier alpha value is -5.97. The van der Waals surface area contributed by atoms with E-state index in [9.17, 15) is 34.1 Å². The molecule has 0 radical (unpaired) electrons. The van der Waals surface area contributed by atoms with Crippen molar-refractivity contribution in [2.75, 3.05) is 34.1 Å². The van der Waals surface area contributed by atoms with Crippen LogP contribution in [0.15, 0.2) is 60.7 Å². The molecule has 3 aromatic carbocycles. The van der Waals surface area contributed by atoms with E-state index >= 15 is 0 Å². The van der Waals surface area contributed by atoms with Crippen molar-refractivity contribution in [2.45, 2.75) is 58.7 Å². The fourth-order valence-corrected chi connectivity index (χ4v) is 5.00. The maximum absolute atomic E-state index is 12.9. The van der Waals surface area contributed by atoms with Crippen LogP contribution in [0.25, 0.3) is 10.8 Å². The lowest BCUT2D eigenvalue weighted by molar-refractivity contribution is -0.386. The van der Waals surface area contributed by atoms with Crippen molar-refractivity contribution in [3.8, 4) is 11.5 Å². The van der Waals surface area contributed by atoms with Crippen LogP contribution in [-0.4, -0.2) is 98.3 Å². The summed E-state index contributed by atoms with van der Waals surface area (Å²) in [7, 11) is 2.14. The highest BCUT2D eigenvalue weighted by Gasteiger charge is 2.46. The van der Waals surface area contributed by atoms with Crippen molar-refractivity contribution in [1.29, 1.82) is 0 Å². The molecule has 0 fully saturated rings. The van der Waals surface area contributed by atoms with E-state index in [1.165, 1.54) is 17.0 Å². The highest BCUT2D eigenvalue weighted by molar-refractivity contribution is 5.88. The Morgan fingerprint density at radius 3 is 2.08 bits per heavy atom. The summed E-state index contributed by atoms with van der Waals surface area (Å²) in [6.45, 7) is 3.89. The number of ether oxygens (including phenoxy) is 8. The van der Waals surface area contributed by atoms with Crippen LogP contribution in [0.3, 0.4) is 0 Å². The first kappa shape index (κ1) is 40.5. The quantitative estimate of drug-likeness (QED) is 0.0594. The van der Waals surface area contributed by atoms with Crippen molar-refractivity contribution in [2.24, 2.45) is 0 Å². The first-order chi connectivity index (χ1) is 24.8. The molecule has 0 aliphatic heterocycles. The smallest absolute Gasteiger partial charge is 0.412 e. The number of fused-ring (bicyclic) bond motifs is 1. The van der Waals surface area contributed by atoms with Gasteiger partial charge in [-0.05, 0) is 30.0 Å². The van der Waals surface area contributed by atoms with Gasteiger partial charge in [0.25, 0.3) is 0 Å². The lowest BCUT2D eigenvalue weighted by atomic mass is 10.0. The molecule has 280 valence electrons. The van der Waals surface area contributed by atoms with Gasteiger partial charge in [0.2, 0.25) is 0 Å². The highest BCUT2D eigenvalue weighted by Crippen LogP contribution is 2.30. The molecule has 0 bridgehead atoms. The van der Waals surface area contributed by atoms with Gasteiger partial charge in [0.15, 0.2) is 36.9 Å². The maximum Gasteiger partial charge on any atom is 0.412 e. The fourth-order valence-electron chi connectivity index (χ4n) is 5.00. The molecule has 1 amide bonds. The predicted octanol–water partition coefficient (Wildman–Crippen LogP) is 4.10. The number of nitro groups is 1. The van der Waals surface area contributed by atoms with Crippen LogP contribution < -0.4 is 9.47 Å². The minimum absolute atomic E-state index is 0.114. The number of benzene rings is 3. The van der Waals surface area contributed by atoms with Gasteiger partial charge in [0, 0.05) is 45.9 Å². The third-order valence-corrected chi connectivity index (χ3v) is 7.35. The molecule has 3 rings (SSSR count). The van der Waals surface area contributed by atoms with Crippen LogP contribution in [-0.2, 0) is 54.2 Å². The third kappa shape index (κ3) is 11.3. The average molecular weight is 729 g/mol. The van der Waals surface area contributed by atoms with E-state index in [-0.39, 0.29) is 31.2 Å². The second-order valence-electron chi connectivity index (χ2n) is 11.0. The van der Waals surface area contributed by atoms with Crippen LogP contribution in [0.5, 0.6) is 11.5 Å². The lowest BCUT2D eigenvalue weighted by Gasteiger charge is -2.34. The average Bonchev–Trinajstić information content (AvgIpc) is 3.11. The van der Waals surface area contributed by atoms with Crippen LogP contribution in [0.2, 0.25) is 0 Å². The van der Waals surface area contributed by atoms with E-state index in [0.29, 0.717) is 5.75 Å². The van der Waals surface area contributed by atoms with Crippen LogP contribution >= 0.6 is 0 Å². The summed E-state index contributed by atoms with van der Waals surface area (Å²) in [5.74, 6) is -3.48. The molecular formula is C35H40N2O15. The van der Waals surface area contributed by atoms with Gasteiger partial charge >= 0.3 is 35.7 Å². The maximum atomic E-state index is 12.9. The van der Waals surface area contributed by atoms with Crippen molar-refractivity contribution in [3.63, 3.8) is 0 Å². The zero-order valence-corrected chi connectivity index (χ0v) is 29.4. The van der Waals surface area contributed by atoms with Gasteiger partial charge in [0.1, 0.15) is 19.0 Å². The van der Waals surface area contributed by atoms with Gasteiger partial charge in [-0.3, -0.25) is 29.4 Å². The molecule has 0 aliphatic rings. The molecule has 0 aromatic heterocycles. The number of nitrogens with zero attached hydrogens (tertiary/aromatic N) is 2. The van der Waals surface area contributed by atoms with E-state index in [1.807, 2.05) is 36.4 Å². The molecule has 0 aliphatic carbocycles. The summed E-state index contributed by atoms with van der Waals surface area (Å²) < 4.78 is 42.8. The number of esters is 4. The van der Waals surface area contributed by atoms with Crippen LogP contribution in [0.4, 0.5) is 10.5 Å². The molecular weight excluding hydrogens is 688 g/mol. The normalized spacial score (nSPS) is 13.0. The number of nitro benzene ring substituents is 1. The summed E-state index contributed by atoms with van der Waals surface area (Å²) in [6, 6.07) is 16.9. The Morgan fingerprint density at radius 1 is 0.808 bits per heavy atom. The van der Waals surface area contributed by atoms with E-state index in [1.54, 1.807) is 13.0 Å². The standard InChI is InChI=1S/C35H40N2O15/c1-7-36(20-49-28-14-10-12-25-11-8-9-13-26(25)28)35(42)48-18-24-15-16-29(27(17-24)37(43)44)47-19-30(50-21(2)38)31(51-22(3)39)32(52-23(4)40)33(45-5)34(41)46-6/h8-17,30-33H,7,18-20H2,1-6H3/t30-,31?,32?,33?/m1/s1. The summed E-state index contributed by atoms with van der Waals surface area (Å²) in [5, 5.41) is 13.9. The number of rotatable bonds is 18. The molecule has 0 saturated heterocycles. The van der Waals surface area contributed by atoms with Gasteiger partial charge in [-0.15, -0.1) is 0 Å². The van der Waals surface area contributed by atoms with Crippen molar-refractivity contribution < 1.29 is 66.8 Å². The van der Waals surface area contributed by atoms with Gasteiger partial charge in [-0.25, -0.2) is 9.59 Å². The Balaban J connectivity index is 1.78. The number of hydrogen-bond acceptors (Lipinski definition) is 15. The minimum atomic E-state index is -1.71. The van der Waals surface area contributed by atoms with Crippen molar-refractivity contribution in [1.82, 2.24) is 4.90 Å². The second kappa shape index (κ2) is 19.4. The Bertz CT molecular complexity index is 1740. The molecule has 17 nitrogen and oxygen atoms in total. The molecule has 52 heavy (non-hydrogen) atoms. The van der Waals surface area contributed by atoms with E-state index < -0.39 is 71.6 Å². The zero-order chi connectivity index (χ0) is 38.4. The molecule has 0 heterocycles. The summed E-state index contributed by atoms with van der Waals surface area (Å²) >= 11 is 0. The van der Waals surface area contributed by atoms with Gasteiger partial charge < -0.3 is 37.9 Å². The second-order valence-corrected chi connectivity index (χ2v) is 11.0. The van der Waals surface area contributed by atoms with E-state index in [2.05, 4.69) is 0 Å². The van der Waals surface area contributed by atoms with Crippen LogP contribution in [0, 0.1) is 10.1 Å². The topological polar surface area (TPSA) is 206 Å². The SMILES string of the molecule is CCN(COc1cccc2ccccc12)C(=O)OCc1ccc(OC[C@@H](OC(C)=O)C(OC(C)=O)C(OC(C)=O)C(OC)C(=O)OC)c([N+](=O)[O-])c1. The largest absolute Gasteiger partial charge is 0.483 e. The number of carbonyl (C=O) groups excluding carboxylic acids is 5. The van der Waals surface area contributed by atoms with E-state index in [4.69, 9.17) is 37.9 Å². The van der Waals surface area contributed by atoms with Gasteiger partial charge in [-0.1, -0.05) is 42.5 Å². The Labute approximate surface area is 298 Å². The first-order valence-corrected chi connectivity index (χ1v) is 15.8. The summed E-state index contributed by atoms with van der Waals surface area (Å²) in [4.78, 5) is 74.2. The van der Waals surface area contributed by atoms with Gasteiger partial charge in [-0.2, -0.15) is 0 Å². The number of carbonyl (C=O) groups is 5. The Morgan fingerprint density at radius 2 is 1.46 bits per heavy atom. The molecule has 0 N–H and O–H groups in total. The third-order valence-electron chi connectivity index (χ3n) is 7.35.